The first-order valence-corrected chi connectivity index (χ1v) is 11.3. The molecule has 0 atom stereocenters. The Morgan fingerprint density at radius 2 is 1.61 bits per heavy atom. The number of rotatable bonds is 5. The summed E-state index contributed by atoms with van der Waals surface area (Å²) in [6, 6.07) is 12.5. The minimum atomic E-state index is -3.47. The Morgan fingerprint density at radius 1 is 0.964 bits per heavy atom. The smallest absolute Gasteiger partial charge is 0.243 e. The summed E-state index contributed by atoms with van der Waals surface area (Å²) in [5.41, 5.74) is 3.80. The van der Waals surface area contributed by atoms with Gasteiger partial charge in [0, 0.05) is 18.8 Å². The molecule has 6 heteroatoms. The van der Waals surface area contributed by atoms with Crippen LogP contribution in [-0.4, -0.2) is 31.7 Å². The molecule has 0 spiro atoms. The van der Waals surface area contributed by atoms with Gasteiger partial charge in [0.05, 0.1) is 11.3 Å². The van der Waals surface area contributed by atoms with Gasteiger partial charge >= 0.3 is 0 Å². The number of amides is 1. The molecule has 0 aromatic heterocycles. The van der Waals surface area contributed by atoms with E-state index >= 15 is 0 Å². The van der Waals surface area contributed by atoms with E-state index in [4.69, 9.17) is 0 Å². The lowest BCUT2D eigenvalue weighted by Crippen LogP contribution is -2.31. The second-order valence-corrected chi connectivity index (χ2v) is 9.44. The molecule has 1 aliphatic rings. The number of hydrogen-bond donors (Lipinski definition) is 1. The Bertz CT molecular complexity index is 929. The lowest BCUT2D eigenvalue weighted by Gasteiger charge is -2.20. The maximum atomic E-state index is 12.8. The number of carbonyl (C=O) groups is 1. The minimum Gasteiger partial charge on any atom is -0.326 e. The van der Waals surface area contributed by atoms with E-state index in [0.29, 0.717) is 25.2 Å². The van der Waals surface area contributed by atoms with E-state index in [1.165, 1.54) is 0 Å². The summed E-state index contributed by atoms with van der Waals surface area (Å²) >= 11 is 0. The van der Waals surface area contributed by atoms with E-state index < -0.39 is 10.0 Å². The second kappa shape index (κ2) is 8.88. The van der Waals surface area contributed by atoms with Crippen molar-refractivity contribution in [1.82, 2.24) is 4.31 Å². The molecule has 2 aromatic carbocycles. The number of aryl methyl sites for hydroxylation is 2. The Labute approximate surface area is 167 Å². The van der Waals surface area contributed by atoms with Gasteiger partial charge in [-0.2, -0.15) is 4.31 Å². The molecule has 0 unspecified atom stereocenters. The molecule has 0 radical (unpaired) electrons. The third kappa shape index (κ3) is 5.00. The summed E-state index contributed by atoms with van der Waals surface area (Å²) in [5.74, 6) is -0.114. The van der Waals surface area contributed by atoms with Gasteiger partial charge in [0.2, 0.25) is 15.9 Å². The van der Waals surface area contributed by atoms with Gasteiger partial charge in [-0.15, -0.1) is 0 Å². The van der Waals surface area contributed by atoms with Crippen molar-refractivity contribution in [3.05, 3.63) is 59.2 Å². The van der Waals surface area contributed by atoms with Crippen LogP contribution < -0.4 is 5.32 Å². The van der Waals surface area contributed by atoms with Gasteiger partial charge < -0.3 is 5.32 Å². The summed E-state index contributed by atoms with van der Waals surface area (Å²) in [4.78, 5) is 12.7. The first-order valence-electron chi connectivity index (χ1n) is 9.82. The van der Waals surface area contributed by atoms with E-state index in [9.17, 15) is 13.2 Å². The Kier molecular flexibility index (Phi) is 6.52. The zero-order valence-electron chi connectivity index (χ0n) is 16.6. The molecule has 0 aliphatic carbocycles. The van der Waals surface area contributed by atoms with Crippen LogP contribution in [0.5, 0.6) is 0 Å². The van der Waals surface area contributed by atoms with Gasteiger partial charge in [-0.25, -0.2) is 8.42 Å². The van der Waals surface area contributed by atoms with Crippen molar-refractivity contribution >= 4 is 21.6 Å². The predicted molar refractivity (Wildman–Crippen MR) is 112 cm³/mol. The summed E-state index contributed by atoms with van der Waals surface area (Å²) in [6.45, 7) is 5.15. The van der Waals surface area contributed by atoms with E-state index in [1.807, 2.05) is 32.0 Å². The van der Waals surface area contributed by atoms with Crippen molar-refractivity contribution in [3.63, 3.8) is 0 Å². The monoisotopic (exact) mass is 400 g/mol. The molecule has 28 heavy (non-hydrogen) atoms. The normalized spacial score (nSPS) is 15.8. The molecule has 1 fully saturated rings. The molecule has 1 amide bonds. The minimum absolute atomic E-state index is 0.114. The summed E-state index contributed by atoms with van der Waals surface area (Å²) in [5, 5.41) is 2.86. The zero-order valence-corrected chi connectivity index (χ0v) is 17.4. The van der Waals surface area contributed by atoms with Gasteiger partial charge in [0.15, 0.2) is 0 Å². The second-order valence-electron chi connectivity index (χ2n) is 7.50. The maximum absolute atomic E-state index is 12.8. The molecular weight excluding hydrogens is 372 g/mol. The average molecular weight is 401 g/mol. The molecule has 0 saturated carbocycles. The fourth-order valence-corrected chi connectivity index (χ4v) is 5.03. The van der Waals surface area contributed by atoms with Crippen molar-refractivity contribution in [2.45, 2.75) is 50.8 Å². The number of anilines is 1. The molecule has 2 aromatic rings. The van der Waals surface area contributed by atoms with Crippen LogP contribution in [0.15, 0.2) is 47.4 Å². The molecule has 1 saturated heterocycles. The zero-order chi connectivity index (χ0) is 20.1. The highest BCUT2D eigenvalue weighted by Crippen LogP contribution is 2.22. The lowest BCUT2D eigenvalue weighted by molar-refractivity contribution is -0.115. The molecule has 1 aliphatic heterocycles. The van der Waals surface area contributed by atoms with Crippen molar-refractivity contribution in [1.29, 1.82) is 0 Å². The van der Waals surface area contributed by atoms with Gasteiger partial charge in [-0.3, -0.25) is 4.79 Å². The first kappa shape index (κ1) is 20.6. The molecule has 150 valence electrons. The molecule has 1 N–H and O–H groups in total. The van der Waals surface area contributed by atoms with E-state index in [2.05, 4.69) is 5.32 Å². The van der Waals surface area contributed by atoms with Crippen molar-refractivity contribution < 1.29 is 13.2 Å². The topological polar surface area (TPSA) is 66.5 Å². The molecule has 0 bridgehead atoms. The van der Waals surface area contributed by atoms with E-state index in [-0.39, 0.29) is 10.8 Å². The number of sulfonamides is 1. The third-order valence-electron chi connectivity index (χ3n) is 5.20. The number of hydrogen-bond acceptors (Lipinski definition) is 3. The number of benzene rings is 2. The molecule has 1 heterocycles. The maximum Gasteiger partial charge on any atom is 0.243 e. The average Bonchev–Trinajstić information content (AvgIpc) is 2.95. The Hall–Kier alpha value is -2.18. The molecular formula is C22H28N2O3S. The van der Waals surface area contributed by atoms with E-state index in [1.54, 1.807) is 28.6 Å². The van der Waals surface area contributed by atoms with Crippen LogP contribution in [0.4, 0.5) is 5.69 Å². The molecule has 5 nitrogen and oxygen atoms in total. The highest BCUT2D eigenvalue weighted by atomic mass is 32.2. The van der Waals surface area contributed by atoms with Gasteiger partial charge in [0.1, 0.15) is 0 Å². The van der Waals surface area contributed by atoms with Crippen LogP contribution >= 0.6 is 0 Å². The third-order valence-corrected chi connectivity index (χ3v) is 7.11. The largest absolute Gasteiger partial charge is 0.326 e. The summed E-state index contributed by atoms with van der Waals surface area (Å²) in [7, 11) is -3.47. The summed E-state index contributed by atoms with van der Waals surface area (Å²) < 4.78 is 27.2. The first-order chi connectivity index (χ1) is 13.4. The SMILES string of the molecule is Cc1ccc(C)c(CC(=O)Nc2ccc(S(=O)(=O)N3CCCCCC3)cc2)c1. The van der Waals surface area contributed by atoms with Crippen LogP contribution in [0, 0.1) is 13.8 Å². The van der Waals surface area contributed by atoms with Crippen LogP contribution in [0.2, 0.25) is 0 Å². The van der Waals surface area contributed by atoms with Crippen molar-refractivity contribution in [2.75, 3.05) is 18.4 Å². The van der Waals surface area contributed by atoms with Crippen LogP contribution in [0.1, 0.15) is 42.4 Å². The standard InChI is InChI=1S/C22H28N2O3S/c1-17-7-8-18(2)19(15-17)16-22(25)23-20-9-11-21(12-10-20)28(26,27)24-13-5-3-4-6-14-24/h7-12,15H,3-6,13-14,16H2,1-2H3,(H,23,25). The van der Waals surface area contributed by atoms with Crippen LogP contribution in [0.25, 0.3) is 0 Å². The fraction of sp³-hybridized carbons (Fsp3) is 0.409. The predicted octanol–water partition coefficient (Wildman–Crippen LogP) is 4.05. The van der Waals surface area contributed by atoms with Crippen molar-refractivity contribution in [2.24, 2.45) is 0 Å². The van der Waals surface area contributed by atoms with E-state index in [0.717, 1.165) is 42.4 Å². The van der Waals surface area contributed by atoms with Gasteiger partial charge in [-0.05, 0) is 62.1 Å². The van der Waals surface area contributed by atoms with Gasteiger partial charge in [-0.1, -0.05) is 36.6 Å². The highest BCUT2D eigenvalue weighted by molar-refractivity contribution is 7.89. The molecule has 3 rings (SSSR count). The quantitative estimate of drug-likeness (QED) is 0.823. The van der Waals surface area contributed by atoms with Gasteiger partial charge in [0.25, 0.3) is 0 Å². The highest BCUT2D eigenvalue weighted by Gasteiger charge is 2.25. The fourth-order valence-electron chi connectivity index (χ4n) is 3.51. The Morgan fingerprint density at radius 3 is 2.25 bits per heavy atom. The lowest BCUT2D eigenvalue weighted by atomic mass is 10.0. The number of nitrogens with zero attached hydrogens (tertiary/aromatic N) is 1. The van der Waals surface area contributed by atoms with Crippen LogP contribution in [0.3, 0.4) is 0 Å². The van der Waals surface area contributed by atoms with Crippen LogP contribution in [-0.2, 0) is 21.2 Å². The summed E-state index contributed by atoms with van der Waals surface area (Å²) in [6.07, 6.45) is 4.27. The number of nitrogens with one attached hydrogen (secondary N) is 1. The Balaban J connectivity index is 1.66. The van der Waals surface area contributed by atoms with Crippen molar-refractivity contribution in [3.8, 4) is 0 Å². The number of carbonyl (C=O) groups excluding carboxylic acids is 1.